The normalized spacial score (nSPS) is 23.1. The molecular weight excluding hydrogens is 520 g/mol. The van der Waals surface area contributed by atoms with Crippen molar-refractivity contribution in [3.05, 3.63) is 40.2 Å². The van der Waals surface area contributed by atoms with Gasteiger partial charge in [0.25, 0.3) is 0 Å². The average Bonchev–Trinajstić information content (AvgIpc) is 3.56. The van der Waals surface area contributed by atoms with E-state index in [-0.39, 0.29) is 29.6 Å². The number of carbonyl (C=O) groups excluding carboxylic acids is 3. The van der Waals surface area contributed by atoms with Gasteiger partial charge in [-0.1, -0.05) is 29.7 Å². The lowest BCUT2D eigenvalue weighted by molar-refractivity contribution is -0.147. The Kier molecular flexibility index (Phi) is 8.40. The Labute approximate surface area is 234 Å². The zero-order chi connectivity index (χ0) is 27.5. The van der Waals surface area contributed by atoms with Crippen molar-refractivity contribution in [3.8, 4) is 5.75 Å². The van der Waals surface area contributed by atoms with Crippen LogP contribution in [0.3, 0.4) is 0 Å². The molecule has 1 aromatic heterocycles. The van der Waals surface area contributed by atoms with Gasteiger partial charge < -0.3 is 19.9 Å². The molecule has 3 heterocycles. The van der Waals surface area contributed by atoms with Crippen LogP contribution in [-0.2, 0) is 34.3 Å². The number of halogens is 1. The number of aromatic nitrogens is 3. The summed E-state index contributed by atoms with van der Waals surface area (Å²) in [6, 6.07) is 3.30. The second-order valence-electron chi connectivity index (χ2n) is 10.8. The number of rotatable bonds is 8. The third-order valence-electron chi connectivity index (χ3n) is 8.35. The second-order valence-corrected chi connectivity index (χ2v) is 11.2. The summed E-state index contributed by atoms with van der Waals surface area (Å²) in [5, 5.41) is 11.5. The van der Waals surface area contributed by atoms with Crippen molar-refractivity contribution in [1.82, 2.24) is 30.1 Å². The maximum absolute atomic E-state index is 14.2. The quantitative estimate of drug-likeness (QED) is 0.535. The van der Waals surface area contributed by atoms with Crippen molar-refractivity contribution in [2.24, 2.45) is 18.9 Å². The minimum Gasteiger partial charge on any atom is -0.493 e. The molecule has 10 nitrogen and oxygen atoms in total. The first-order valence-corrected chi connectivity index (χ1v) is 14.3. The first kappa shape index (κ1) is 27.4. The topological polar surface area (TPSA) is 110 Å². The van der Waals surface area contributed by atoms with Crippen LogP contribution in [0.4, 0.5) is 0 Å². The predicted octanol–water partition coefficient (Wildman–Crippen LogP) is 2.69. The van der Waals surface area contributed by atoms with Gasteiger partial charge in [-0.3, -0.25) is 19.1 Å². The number of aryl methyl sites for hydroxylation is 1. The molecule has 2 aliphatic heterocycles. The smallest absolute Gasteiger partial charge is 0.227 e. The van der Waals surface area contributed by atoms with Crippen molar-refractivity contribution in [1.29, 1.82) is 0 Å². The summed E-state index contributed by atoms with van der Waals surface area (Å²) in [7, 11) is 3.45. The Morgan fingerprint density at radius 3 is 2.62 bits per heavy atom. The Morgan fingerprint density at radius 2 is 1.92 bits per heavy atom. The van der Waals surface area contributed by atoms with Gasteiger partial charge in [-0.15, -0.1) is 5.10 Å². The number of fused-ring (bicyclic) bond motifs is 1. The van der Waals surface area contributed by atoms with Crippen LogP contribution in [0.1, 0.15) is 61.4 Å². The molecule has 39 heavy (non-hydrogen) atoms. The van der Waals surface area contributed by atoms with Crippen LogP contribution in [0.5, 0.6) is 5.75 Å². The number of ether oxygens (including phenoxy) is 1. The van der Waals surface area contributed by atoms with Crippen LogP contribution in [0.2, 0.25) is 5.02 Å². The maximum atomic E-state index is 14.2. The van der Waals surface area contributed by atoms with E-state index in [0.717, 1.165) is 36.1 Å². The van der Waals surface area contributed by atoms with Crippen LogP contribution in [0, 0.1) is 11.8 Å². The zero-order valence-corrected chi connectivity index (χ0v) is 23.5. The highest BCUT2D eigenvalue weighted by Crippen LogP contribution is 2.43. The van der Waals surface area contributed by atoms with Crippen molar-refractivity contribution in [2.45, 2.75) is 57.4 Å². The maximum Gasteiger partial charge on any atom is 0.227 e. The van der Waals surface area contributed by atoms with Crippen LogP contribution < -0.4 is 10.1 Å². The third-order valence-corrected chi connectivity index (χ3v) is 8.71. The van der Waals surface area contributed by atoms with Crippen LogP contribution >= 0.6 is 11.6 Å². The van der Waals surface area contributed by atoms with Gasteiger partial charge in [-0.05, 0) is 43.4 Å². The second kappa shape index (κ2) is 11.9. The third kappa shape index (κ3) is 5.76. The average molecular weight is 557 g/mol. The fourth-order valence-corrected chi connectivity index (χ4v) is 6.64. The number of hydrogen-bond donors (Lipinski definition) is 1. The molecule has 2 aromatic rings. The molecule has 1 unspecified atom stereocenters. The first-order valence-electron chi connectivity index (χ1n) is 14.0. The Bertz CT molecular complexity index is 1230. The molecule has 1 aliphatic carbocycles. The van der Waals surface area contributed by atoms with Crippen LogP contribution in [-0.4, -0.2) is 75.8 Å². The number of carbonyl (C=O) groups is 3. The molecule has 5 rings (SSSR count). The molecule has 0 spiro atoms. The number of amides is 3. The minimum absolute atomic E-state index is 0.0175. The lowest BCUT2D eigenvalue weighted by Crippen LogP contribution is -2.50. The standard InChI is InChI=1S/C28H37ClN6O4/c1-30-27(37)19-6-3-4-7-20(19)28(38)35-14-11-21-22(29)9-10-24(39-15-12-18-16-33(2)32-31-18)26(21)23(35)17-34-13-5-8-25(34)36/h9-10,16,19-20,23H,3-8,11-15,17H2,1-2H3,(H,30,37)/t19-,20?,23-/m1/s1. The van der Waals surface area contributed by atoms with E-state index < -0.39 is 6.04 Å². The van der Waals surface area contributed by atoms with Crippen LogP contribution in [0.15, 0.2) is 18.3 Å². The molecule has 210 valence electrons. The number of nitrogens with zero attached hydrogens (tertiary/aromatic N) is 5. The highest BCUT2D eigenvalue weighted by atomic mass is 35.5. The van der Waals surface area contributed by atoms with Crippen molar-refractivity contribution < 1.29 is 19.1 Å². The first-order chi connectivity index (χ1) is 18.9. The predicted molar refractivity (Wildman–Crippen MR) is 145 cm³/mol. The van der Waals surface area contributed by atoms with Crippen molar-refractivity contribution in [2.75, 3.05) is 33.3 Å². The molecule has 2 fully saturated rings. The van der Waals surface area contributed by atoms with Gasteiger partial charge in [0, 0.05) is 75.2 Å². The summed E-state index contributed by atoms with van der Waals surface area (Å²) in [6.45, 7) is 1.92. The van der Waals surface area contributed by atoms with Gasteiger partial charge in [-0.2, -0.15) is 0 Å². The number of benzene rings is 1. The molecular formula is C28H37ClN6O4. The van der Waals surface area contributed by atoms with Gasteiger partial charge in [-0.25, -0.2) is 0 Å². The molecule has 1 aromatic carbocycles. The molecule has 1 saturated heterocycles. The number of nitrogens with one attached hydrogen (secondary N) is 1. The van der Waals surface area contributed by atoms with Gasteiger partial charge in [0.2, 0.25) is 17.7 Å². The SMILES string of the molecule is CNC(=O)[C@@H]1CCCCC1C(=O)N1CCc2c(Cl)ccc(OCCc3cn(C)nn3)c2[C@H]1CN1CCCC1=O. The van der Waals surface area contributed by atoms with Gasteiger partial charge in [0.05, 0.1) is 18.3 Å². The summed E-state index contributed by atoms with van der Waals surface area (Å²) < 4.78 is 7.96. The van der Waals surface area contributed by atoms with E-state index in [4.69, 9.17) is 16.3 Å². The minimum atomic E-state index is -0.402. The van der Waals surface area contributed by atoms with E-state index in [0.29, 0.717) is 69.1 Å². The molecule has 0 bridgehead atoms. The van der Waals surface area contributed by atoms with E-state index in [1.807, 2.05) is 35.2 Å². The van der Waals surface area contributed by atoms with E-state index in [2.05, 4.69) is 15.6 Å². The Hall–Kier alpha value is -3.14. The lowest BCUT2D eigenvalue weighted by atomic mass is 9.77. The summed E-state index contributed by atoms with van der Waals surface area (Å²) in [4.78, 5) is 43.4. The molecule has 1 N–H and O–H groups in total. The highest BCUT2D eigenvalue weighted by Gasteiger charge is 2.43. The van der Waals surface area contributed by atoms with Gasteiger partial charge in [0.15, 0.2) is 0 Å². The molecule has 1 saturated carbocycles. The van der Waals surface area contributed by atoms with E-state index in [1.165, 1.54) is 0 Å². The highest BCUT2D eigenvalue weighted by molar-refractivity contribution is 6.31. The van der Waals surface area contributed by atoms with Crippen molar-refractivity contribution >= 4 is 29.3 Å². The molecule has 3 atom stereocenters. The molecule has 11 heteroatoms. The fourth-order valence-electron chi connectivity index (χ4n) is 6.38. The molecule has 3 amide bonds. The number of hydrogen-bond acceptors (Lipinski definition) is 6. The van der Waals surface area contributed by atoms with E-state index >= 15 is 0 Å². The Morgan fingerprint density at radius 1 is 1.13 bits per heavy atom. The van der Waals surface area contributed by atoms with Gasteiger partial charge in [0.1, 0.15) is 5.75 Å². The summed E-state index contributed by atoms with van der Waals surface area (Å²) >= 11 is 6.70. The Balaban J connectivity index is 1.47. The molecule has 3 aliphatic rings. The monoisotopic (exact) mass is 556 g/mol. The lowest BCUT2D eigenvalue weighted by Gasteiger charge is -2.43. The van der Waals surface area contributed by atoms with Crippen molar-refractivity contribution in [3.63, 3.8) is 0 Å². The summed E-state index contributed by atoms with van der Waals surface area (Å²) in [5.41, 5.74) is 2.66. The zero-order valence-electron chi connectivity index (χ0n) is 22.7. The number of likely N-dealkylation sites (tertiary alicyclic amines) is 1. The summed E-state index contributed by atoms with van der Waals surface area (Å²) in [5.74, 6) is -0.0450. The molecule has 0 radical (unpaired) electrons. The fraction of sp³-hybridized carbons (Fsp3) is 0.607. The largest absolute Gasteiger partial charge is 0.493 e. The van der Waals surface area contributed by atoms with E-state index in [9.17, 15) is 14.4 Å². The van der Waals surface area contributed by atoms with Crippen LogP contribution in [0.25, 0.3) is 0 Å². The van der Waals surface area contributed by atoms with E-state index in [1.54, 1.807) is 11.7 Å². The van der Waals surface area contributed by atoms with Gasteiger partial charge >= 0.3 is 0 Å². The summed E-state index contributed by atoms with van der Waals surface area (Å²) in [6.07, 6.45) is 7.61.